The van der Waals surface area contributed by atoms with Crippen molar-refractivity contribution in [1.82, 2.24) is 5.32 Å². The number of nitrogens with zero attached hydrogens (tertiary/aromatic N) is 1. The normalized spacial score (nSPS) is 17.0. The fourth-order valence-corrected chi connectivity index (χ4v) is 2.60. The van der Waals surface area contributed by atoms with Gasteiger partial charge in [0.1, 0.15) is 18.5 Å². The Bertz CT molecular complexity index is 719. The van der Waals surface area contributed by atoms with Crippen LogP contribution in [0.4, 0.5) is 14.9 Å². The molecule has 6 heteroatoms. The number of ether oxygens (including phenoxy) is 1. The van der Waals surface area contributed by atoms with Crippen molar-refractivity contribution in [3.05, 3.63) is 66.0 Å². The van der Waals surface area contributed by atoms with Gasteiger partial charge in [0.2, 0.25) is 5.91 Å². The summed E-state index contributed by atoms with van der Waals surface area (Å²) in [6, 6.07) is 14.4. The SMILES string of the molecule is O=C(N[C@H]1CCN(c2ccc(F)cc2)C1=O)OCc1ccccc1. The molecule has 0 bridgehead atoms. The maximum atomic E-state index is 13.0. The minimum absolute atomic E-state index is 0.148. The lowest BCUT2D eigenvalue weighted by Gasteiger charge is -2.17. The molecule has 2 amide bonds. The van der Waals surface area contributed by atoms with Crippen LogP contribution < -0.4 is 10.2 Å². The minimum atomic E-state index is -0.627. The monoisotopic (exact) mass is 328 g/mol. The smallest absolute Gasteiger partial charge is 0.408 e. The zero-order valence-electron chi connectivity index (χ0n) is 12.9. The average molecular weight is 328 g/mol. The van der Waals surface area contributed by atoms with E-state index in [-0.39, 0.29) is 18.3 Å². The molecule has 0 saturated carbocycles. The van der Waals surface area contributed by atoms with Gasteiger partial charge in [-0.25, -0.2) is 9.18 Å². The van der Waals surface area contributed by atoms with Gasteiger partial charge in [0.25, 0.3) is 0 Å². The summed E-state index contributed by atoms with van der Waals surface area (Å²) in [6.07, 6.45) is -0.144. The van der Waals surface area contributed by atoms with Gasteiger partial charge in [-0.15, -0.1) is 0 Å². The van der Waals surface area contributed by atoms with Crippen LogP contribution in [0.25, 0.3) is 0 Å². The molecule has 2 aromatic rings. The molecule has 0 unspecified atom stereocenters. The number of carbonyl (C=O) groups is 2. The van der Waals surface area contributed by atoms with Crippen molar-refractivity contribution < 1.29 is 18.7 Å². The van der Waals surface area contributed by atoms with Crippen molar-refractivity contribution in [3.63, 3.8) is 0 Å². The molecular formula is C18H17FN2O3. The number of halogens is 1. The molecule has 0 radical (unpaired) electrons. The highest BCUT2D eigenvalue weighted by molar-refractivity contribution is 6.00. The maximum Gasteiger partial charge on any atom is 0.408 e. The Morgan fingerprint density at radius 3 is 2.58 bits per heavy atom. The summed E-state index contributed by atoms with van der Waals surface area (Å²) in [5.74, 6) is -0.581. The second kappa shape index (κ2) is 7.12. The molecule has 5 nitrogen and oxygen atoms in total. The first-order chi connectivity index (χ1) is 11.6. The number of hydrogen-bond donors (Lipinski definition) is 1. The number of benzene rings is 2. The van der Waals surface area contributed by atoms with Gasteiger partial charge in [-0.1, -0.05) is 30.3 Å². The molecule has 1 aliphatic rings. The Balaban J connectivity index is 1.53. The highest BCUT2D eigenvalue weighted by atomic mass is 19.1. The van der Waals surface area contributed by atoms with Gasteiger partial charge in [-0.05, 0) is 36.2 Å². The number of anilines is 1. The van der Waals surface area contributed by atoms with Crippen LogP contribution in [0.15, 0.2) is 54.6 Å². The van der Waals surface area contributed by atoms with Crippen molar-refractivity contribution in [2.45, 2.75) is 19.1 Å². The molecule has 1 saturated heterocycles. The van der Waals surface area contributed by atoms with E-state index >= 15 is 0 Å². The zero-order chi connectivity index (χ0) is 16.9. The molecule has 124 valence electrons. The predicted molar refractivity (Wildman–Crippen MR) is 86.9 cm³/mol. The van der Waals surface area contributed by atoms with Crippen LogP contribution in [-0.2, 0) is 16.1 Å². The van der Waals surface area contributed by atoms with Gasteiger partial charge in [0.15, 0.2) is 0 Å². The van der Waals surface area contributed by atoms with E-state index in [2.05, 4.69) is 5.32 Å². The predicted octanol–water partition coefficient (Wildman–Crippen LogP) is 2.86. The van der Waals surface area contributed by atoms with Crippen LogP contribution in [0, 0.1) is 5.82 Å². The van der Waals surface area contributed by atoms with E-state index in [1.54, 1.807) is 12.1 Å². The third kappa shape index (κ3) is 3.71. The Hall–Kier alpha value is -2.89. The molecule has 0 aliphatic carbocycles. The Morgan fingerprint density at radius 2 is 1.88 bits per heavy atom. The molecule has 1 atom stereocenters. The zero-order valence-corrected chi connectivity index (χ0v) is 12.9. The molecule has 1 N–H and O–H groups in total. The molecule has 1 aliphatic heterocycles. The summed E-state index contributed by atoms with van der Waals surface area (Å²) in [7, 11) is 0. The third-order valence-corrected chi connectivity index (χ3v) is 3.85. The first-order valence-corrected chi connectivity index (χ1v) is 7.67. The average Bonchev–Trinajstić information content (AvgIpc) is 2.95. The molecule has 24 heavy (non-hydrogen) atoms. The first-order valence-electron chi connectivity index (χ1n) is 7.67. The van der Waals surface area contributed by atoms with E-state index in [1.165, 1.54) is 17.0 Å². The Labute approximate surface area is 139 Å². The molecule has 0 aromatic heterocycles. The van der Waals surface area contributed by atoms with Crippen molar-refractivity contribution in [2.24, 2.45) is 0 Å². The number of rotatable bonds is 4. The fourth-order valence-electron chi connectivity index (χ4n) is 2.60. The highest BCUT2D eigenvalue weighted by Crippen LogP contribution is 2.21. The van der Waals surface area contributed by atoms with Gasteiger partial charge in [0, 0.05) is 12.2 Å². The summed E-state index contributed by atoms with van der Waals surface area (Å²) >= 11 is 0. The summed E-state index contributed by atoms with van der Waals surface area (Å²) in [6.45, 7) is 0.614. The van der Waals surface area contributed by atoms with Gasteiger partial charge < -0.3 is 15.0 Å². The van der Waals surface area contributed by atoms with E-state index in [4.69, 9.17) is 4.74 Å². The second-order valence-corrected chi connectivity index (χ2v) is 5.51. The van der Waals surface area contributed by atoms with Crippen LogP contribution in [-0.4, -0.2) is 24.6 Å². The Morgan fingerprint density at radius 1 is 1.17 bits per heavy atom. The molecule has 1 heterocycles. The van der Waals surface area contributed by atoms with E-state index in [9.17, 15) is 14.0 Å². The van der Waals surface area contributed by atoms with Gasteiger partial charge >= 0.3 is 6.09 Å². The van der Waals surface area contributed by atoms with Crippen molar-refractivity contribution in [3.8, 4) is 0 Å². The quantitative estimate of drug-likeness (QED) is 0.939. The van der Waals surface area contributed by atoms with E-state index in [1.807, 2.05) is 30.3 Å². The topological polar surface area (TPSA) is 58.6 Å². The number of alkyl carbamates (subject to hydrolysis) is 1. The third-order valence-electron chi connectivity index (χ3n) is 3.85. The number of hydrogen-bond acceptors (Lipinski definition) is 3. The van der Waals surface area contributed by atoms with Crippen LogP contribution in [0.2, 0.25) is 0 Å². The van der Waals surface area contributed by atoms with E-state index in [0.717, 1.165) is 5.56 Å². The van der Waals surface area contributed by atoms with Gasteiger partial charge in [-0.2, -0.15) is 0 Å². The summed E-state index contributed by atoms with van der Waals surface area (Å²) < 4.78 is 18.1. The second-order valence-electron chi connectivity index (χ2n) is 5.51. The van der Waals surface area contributed by atoms with E-state index < -0.39 is 12.1 Å². The van der Waals surface area contributed by atoms with Crippen molar-refractivity contribution >= 4 is 17.7 Å². The van der Waals surface area contributed by atoms with Crippen LogP contribution >= 0.6 is 0 Å². The van der Waals surface area contributed by atoms with Gasteiger partial charge in [0.05, 0.1) is 0 Å². The standard InChI is InChI=1S/C18H17FN2O3/c19-14-6-8-15(9-7-14)21-11-10-16(17(21)22)20-18(23)24-12-13-4-2-1-3-5-13/h1-9,16H,10-12H2,(H,20,23)/t16-/m0/s1. The highest BCUT2D eigenvalue weighted by Gasteiger charge is 2.33. The summed E-state index contributed by atoms with van der Waals surface area (Å²) in [5.41, 5.74) is 1.49. The summed E-state index contributed by atoms with van der Waals surface area (Å²) in [4.78, 5) is 25.7. The largest absolute Gasteiger partial charge is 0.445 e. The Kier molecular flexibility index (Phi) is 4.74. The van der Waals surface area contributed by atoms with Gasteiger partial charge in [-0.3, -0.25) is 4.79 Å². The number of amides is 2. The molecular weight excluding hydrogens is 311 g/mol. The minimum Gasteiger partial charge on any atom is -0.445 e. The lowest BCUT2D eigenvalue weighted by Crippen LogP contribution is -2.41. The van der Waals surface area contributed by atoms with Crippen LogP contribution in [0.3, 0.4) is 0 Å². The molecule has 1 fully saturated rings. The molecule has 2 aromatic carbocycles. The maximum absolute atomic E-state index is 13.0. The lowest BCUT2D eigenvalue weighted by molar-refractivity contribution is -0.118. The fraction of sp³-hybridized carbons (Fsp3) is 0.222. The van der Waals surface area contributed by atoms with Crippen molar-refractivity contribution in [2.75, 3.05) is 11.4 Å². The lowest BCUT2D eigenvalue weighted by atomic mass is 10.2. The van der Waals surface area contributed by atoms with Crippen molar-refractivity contribution in [1.29, 1.82) is 0 Å². The van der Waals surface area contributed by atoms with Crippen LogP contribution in [0.5, 0.6) is 0 Å². The number of carbonyl (C=O) groups excluding carboxylic acids is 2. The molecule has 3 rings (SSSR count). The van der Waals surface area contributed by atoms with E-state index in [0.29, 0.717) is 18.7 Å². The first kappa shape index (κ1) is 16.0. The number of nitrogens with one attached hydrogen (secondary N) is 1. The summed E-state index contributed by atoms with van der Waals surface area (Å²) in [5, 5.41) is 2.58. The van der Waals surface area contributed by atoms with Crippen LogP contribution in [0.1, 0.15) is 12.0 Å². The molecule has 0 spiro atoms.